The molecule has 8 heteroatoms. The maximum atomic E-state index is 12.7. The largest absolute Gasteiger partial charge is 0.381 e. The van der Waals surface area contributed by atoms with Crippen LogP contribution >= 0.6 is 23.2 Å². The normalized spacial score (nSPS) is 16.5. The van der Waals surface area contributed by atoms with Crippen LogP contribution in [0, 0.1) is 0 Å². The zero-order valence-corrected chi connectivity index (χ0v) is 15.0. The fourth-order valence-corrected chi connectivity index (χ4v) is 3.05. The van der Waals surface area contributed by atoms with Gasteiger partial charge in [-0.05, 0) is 31.9 Å². The van der Waals surface area contributed by atoms with E-state index < -0.39 is 5.54 Å². The van der Waals surface area contributed by atoms with Gasteiger partial charge in [0.05, 0.1) is 27.8 Å². The Balaban J connectivity index is 2.04. The van der Waals surface area contributed by atoms with Crippen molar-refractivity contribution in [3.05, 3.63) is 28.2 Å². The van der Waals surface area contributed by atoms with E-state index >= 15 is 0 Å². The predicted molar refractivity (Wildman–Crippen MR) is 94.3 cm³/mol. The number of ether oxygens (including phenoxy) is 1. The molecule has 1 fully saturated rings. The fraction of sp³-hybridized carbons (Fsp3) is 0.500. The number of nitrogens with zero attached hydrogens (tertiary/aromatic N) is 1. The standard InChI is InChI=1S/C16H21Cl2N3O3/c1-2-21(15(23)16(19)6-8-24-9-7-16)10-13(22)20-14-11(17)4-3-5-12(14)18/h3-5H,2,6-10,19H2,1H3,(H,20,22). The van der Waals surface area contributed by atoms with Gasteiger partial charge >= 0.3 is 0 Å². The van der Waals surface area contributed by atoms with E-state index in [0.717, 1.165) is 0 Å². The second-order valence-electron chi connectivity index (χ2n) is 5.73. The van der Waals surface area contributed by atoms with Gasteiger partial charge in [0.25, 0.3) is 0 Å². The summed E-state index contributed by atoms with van der Waals surface area (Å²) in [5.74, 6) is -0.621. The molecule has 0 unspecified atom stereocenters. The van der Waals surface area contributed by atoms with E-state index in [9.17, 15) is 9.59 Å². The van der Waals surface area contributed by atoms with Crippen LogP contribution in [0.25, 0.3) is 0 Å². The third-order valence-corrected chi connectivity index (χ3v) is 4.67. The Morgan fingerprint density at radius 3 is 2.42 bits per heavy atom. The van der Waals surface area contributed by atoms with Gasteiger partial charge in [-0.15, -0.1) is 0 Å². The number of hydrogen-bond donors (Lipinski definition) is 2. The highest BCUT2D eigenvalue weighted by Gasteiger charge is 2.39. The minimum Gasteiger partial charge on any atom is -0.381 e. The Morgan fingerprint density at radius 1 is 1.29 bits per heavy atom. The highest BCUT2D eigenvalue weighted by Crippen LogP contribution is 2.29. The summed E-state index contributed by atoms with van der Waals surface area (Å²) in [7, 11) is 0. The molecule has 0 radical (unpaired) electrons. The van der Waals surface area contributed by atoms with Crippen LogP contribution in [0.15, 0.2) is 18.2 Å². The highest BCUT2D eigenvalue weighted by molar-refractivity contribution is 6.39. The van der Waals surface area contributed by atoms with Gasteiger partial charge in [-0.25, -0.2) is 0 Å². The van der Waals surface area contributed by atoms with Gasteiger partial charge in [-0.2, -0.15) is 0 Å². The molecule has 0 bridgehead atoms. The lowest BCUT2D eigenvalue weighted by Gasteiger charge is -2.36. The molecule has 1 saturated heterocycles. The van der Waals surface area contributed by atoms with E-state index in [2.05, 4.69) is 5.32 Å². The number of nitrogens with two attached hydrogens (primary N) is 1. The van der Waals surface area contributed by atoms with Crippen molar-refractivity contribution >= 4 is 40.7 Å². The van der Waals surface area contributed by atoms with Crippen molar-refractivity contribution in [3.8, 4) is 0 Å². The SMILES string of the molecule is CCN(CC(=O)Nc1c(Cl)cccc1Cl)C(=O)C1(N)CCOCC1. The monoisotopic (exact) mass is 373 g/mol. The maximum Gasteiger partial charge on any atom is 0.244 e. The molecule has 24 heavy (non-hydrogen) atoms. The average Bonchev–Trinajstić information content (AvgIpc) is 2.56. The summed E-state index contributed by atoms with van der Waals surface area (Å²) in [6.45, 7) is 2.96. The Hall–Kier alpha value is -1.34. The number of rotatable bonds is 5. The number of anilines is 1. The third kappa shape index (κ3) is 4.39. The summed E-state index contributed by atoms with van der Waals surface area (Å²) in [4.78, 5) is 26.4. The molecule has 6 nitrogen and oxygen atoms in total. The van der Waals surface area contributed by atoms with E-state index in [1.165, 1.54) is 4.90 Å². The molecule has 132 valence electrons. The van der Waals surface area contributed by atoms with Crippen molar-refractivity contribution < 1.29 is 14.3 Å². The Morgan fingerprint density at radius 2 is 1.88 bits per heavy atom. The first-order valence-electron chi connectivity index (χ1n) is 7.77. The van der Waals surface area contributed by atoms with Crippen LogP contribution in [-0.2, 0) is 14.3 Å². The van der Waals surface area contributed by atoms with Gasteiger partial charge in [0, 0.05) is 19.8 Å². The molecule has 1 aromatic carbocycles. The van der Waals surface area contributed by atoms with Gasteiger partial charge < -0.3 is 20.7 Å². The lowest BCUT2D eigenvalue weighted by Crippen LogP contribution is -2.59. The molecule has 2 rings (SSSR count). The summed E-state index contributed by atoms with van der Waals surface area (Å²) in [6, 6.07) is 4.94. The summed E-state index contributed by atoms with van der Waals surface area (Å²) < 4.78 is 5.26. The lowest BCUT2D eigenvalue weighted by atomic mass is 9.89. The molecule has 1 aliphatic rings. The summed E-state index contributed by atoms with van der Waals surface area (Å²) in [5.41, 5.74) is 5.57. The molecule has 2 amide bonds. The second kappa shape index (κ2) is 8.16. The lowest BCUT2D eigenvalue weighted by molar-refractivity contribution is -0.142. The van der Waals surface area contributed by atoms with E-state index in [4.69, 9.17) is 33.7 Å². The van der Waals surface area contributed by atoms with E-state index in [0.29, 0.717) is 48.3 Å². The van der Waals surface area contributed by atoms with Crippen molar-refractivity contribution in [2.24, 2.45) is 5.73 Å². The summed E-state index contributed by atoms with van der Waals surface area (Å²) >= 11 is 12.1. The highest BCUT2D eigenvalue weighted by atomic mass is 35.5. The molecule has 0 spiro atoms. The quantitative estimate of drug-likeness (QED) is 0.828. The fourth-order valence-electron chi connectivity index (χ4n) is 2.56. The van der Waals surface area contributed by atoms with Crippen LogP contribution in [0.4, 0.5) is 5.69 Å². The molecule has 0 saturated carbocycles. The topological polar surface area (TPSA) is 84.7 Å². The number of nitrogens with one attached hydrogen (secondary N) is 1. The first-order valence-corrected chi connectivity index (χ1v) is 8.53. The van der Waals surface area contributed by atoms with E-state index in [-0.39, 0.29) is 18.4 Å². The van der Waals surface area contributed by atoms with Gasteiger partial charge in [0.2, 0.25) is 11.8 Å². The van der Waals surface area contributed by atoms with Crippen molar-refractivity contribution in [2.45, 2.75) is 25.3 Å². The van der Waals surface area contributed by atoms with Gasteiger partial charge in [-0.1, -0.05) is 29.3 Å². The van der Waals surface area contributed by atoms with Crippen LogP contribution in [0.5, 0.6) is 0 Å². The van der Waals surface area contributed by atoms with Crippen LogP contribution in [0.2, 0.25) is 10.0 Å². The number of amides is 2. The van der Waals surface area contributed by atoms with Crippen molar-refractivity contribution in [1.82, 2.24) is 4.90 Å². The van der Waals surface area contributed by atoms with Crippen LogP contribution in [-0.4, -0.2) is 48.6 Å². The minimum absolute atomic E-state index is 0.114. The summed E-state index contributed by atoms with van der Waals surface area (Å²) in [5, 5.41) is 3.33. The predicted octanol–water partition coefficient (Wildman–Crippen LogP) is 2.29. The Labute approximate surface area is 151 Å². The van der Waals surface area contributed by atoms with Crippen LogP contribution in [0.1, 0.15) is 19.8 Å². The first kappa shape index (κ1) is 19.0. The average molecular weight is 374 g/mol. The molecule has 1 heterocycles. The number of hydrogen-bond acceptors (Lipinski definition) is 4. The van der Waals surface area contributed by atoms with Gasteiger partial charge in [0.1, 0.15) is 0 Å². The van der Waals surface area contributed by atoms with Crippen molar-refractivity contribution in [3.63, 3.8) is 0 Å². The molecular weight excluding hydrogens is 353 g/mol. The van der Waals surface area contributed by atoms with Crippen molar-refractivity contribution in [2.75, 3.05) is 31.6 Å². The smallest absolute Gasteiger partial charge is 0.244 e. The number of likely N-dealkylation sites (N-methyl/N-ethyl adjacent to an activating group) is 1. The Bertz CT molecular complexity index is 598. The molecular formula is C16H21Cl2N3O3. The van der Waals surface area contributed by atoms with E-state index in [1.54, 1.807) is 25.1 Å². The molecule has 1 aliphatic heterocycles. The minimum atomic E-state index is -0.976. The first-order chi connectivity index (χ1) is 11.4. The molecule has 1 aromatic rings. The third-order valence-electron chi connectivity index (χ3n) is 4.04. The van der Waals surface area contributed by atoms with Gasteiger partial charge in [-0.3, -0.25) is 9.59 Å². The zero-order valence-electron chi connectivity index (χ0n) is 13.5. The molecule has 3 N–H and O–H groups in total. The van der Waals surface area contributed by atoms with Gasteiger partial charge in [0.15, 0.2) is 0 Å². The van der Waals surface area contributed by atoms with Crippen LogP contribution in [0.3, 0.4) is 0 Å². The van der Waals surface area contributed by atoms with Crippen LogP contribution < -0.4 is 11.1 Å². The molecule has 0 aromatic heterocycles. The zero-order chi connectivity index (χ0) is 17.7. The molecule has 0 aliphatic carbocycles. The maximum absolute atomic E-state index is 12.7. The second-order valence-corrected chi connectivity index (χ2v) is 6.55. The van der Waals surface area contributed by atoms with Crippen molar-refractivity contribution in [1.29, 1.82) is 0 Å². The Kier molecular flexibility index (Phi) is 6.46. The number of benzene rings is 1. The number of para-hydroxylation sites is 1. The summed E-state index contributed by atoms with van der Waals surface area (Å²) in [6.07, 6.45) is 0.889. The number of carbonyl (C=O) groups excluding carboxylic acids is 2. The molecule has 0 atom stereocenters. The number of carbonyl (C=O) groups is 2. The van der Waals surface area contributed by atoms with E-state index in [1.807, 2.05) is 0 Å². The number of halogens is 2.